The van der Waals surface area contributed by atoms with Crippen molar-refractivity contribution in [3.8, 4) is 0 Å². The normalized spacial score (nSPS) is 18.1. The molecule has 6 nitrogen and oxygen atoms in total. The van der Waals surface area contributed by atoms with E-state index in [-0.39, 0.29) is 17.9 Å². The molecule has 0 aliphatic carbocycles. The third-order valence-electron chi connectivity index (χ3n) is 4.73. The van der Waals surface area contributed by atoms with E-state index in [0.717, 1.165) is 11.3 Å². The standard InChI is InChI=1S/C23H32N2O4/c1-17(18-9-7-6-8-10-18)21(27)25-19-13-20(15-24-14-19)29-23(4,5)16-28-22(2,3)11-12-26/h6-11,14,17,20,24H,13,15-16H2,1-5H3,(H,25,27). The Morgan fingerprint density at radius 3 is 2.66 bits per heavy atom. The molecule has 6 heteroatoms. The molecule has 2 rings (SSSR count). The fourth-order valence-corrected chi connectivity index (χ4v) is 3.05. The van der Waals surface area contributed by atoms with E-state index in [1.807, 2.05) is 57.3 Å². The molecule has 1 aliphatic rings. The summed E-state index contributed by atoms with van der Waals surface area (Å²) in [5.41, 5.74) is 0.534. The molecule has 1 amide bonds. The first-order valence-corrected chi connectivity index (χ1v) is 9.94. The van der Waals surface area contributed by atoms with Crippen LogP contribution in [-0.2, 0) is 19.1 Å². The maximum Gasteiger partial charge on any atom is 0.231 e. The van der Waals surface area contributed by atoms with Crippen LogP contribution in [0.5, 0.6) is 0 Å². The highest BCUT2D eigenvalue weighted by Crippen LogP contribution is 2.22. The molecule has 0 aromatic heterocycles. The highest BCUT2D eigenvalue weighted by molar-refractivity contribution is 5.84. The van der Waals surface area contributed by atoms with E-state index in [0.29, 0.717) is 19.6 Å². The number of ether oxygens (including phenoxy) is 2. The van der Waals surface area contributed by atoms with Crippen LogP contribution in [0.15, 0.2) is 48.3 Å². The van der Waals surface area contributed by atoms with Crippen LogP contribution in [0.2, 0.25) is 0 Å². The molecule has 1 aromatic carbocycles. The number of nitrogens with one attached hydrogen (secondary N) is 2. The van der Waals surface area contributed by atoms with Crippen LogP contribution in [0, 0.1) is 0 Å². The van der Waals surface area contributed by atoms with Gasteiger partial charge < -0.3 is 20.1 Å². The van der Waals surface area contributed by atoms with Gasteiger partial charge in [0, 0.05) is 30.9 Å². The minimum atomic E-state index is -0.695. The summed E-state index contributed by atoms with van der Waals surface area (Å²) >= 11 is 0. The van der Waals surface area contributed by atoms with Crippen molar-refractivity contribution in [1.29, 1.82) is 0 Å². The summed E-state index contributed by atoms with van der Waals surface area (Å²) in [5.74, 6) is 1.49. The predicted molar refractivity (Wildman–Crippen MR) is 113 cm³/mol. The Morgan fingerprint density at radius 1 is 1.31 bits per heavy atom. The van der Waals surface area contributed by atoms with E-state index in [2.05, 4.69) is 10.6 Å². The van der Waals surface area contributed by atoms with Gasteiger partial charge in [-0.3, -0.25) is 4.79 Å². The Kier molecular flexibility index (Phi) is 7.80. The Labute approximate surface area is 173 Å². The average molecular weight is 401 g/mol. The zero-order valence-corrected chi connectivity index (χ0v) is 18.0. The summed E-state index contributed by atoms with van der Waals surface area (Å²) in [7, 11) is 0. The molecular formula is C23H32N2O4. The molecule has 2 N–H and O–H groups in total. The van der Waals surface area contributed by atoms with Gasteiger partial charge in [0.05, 0.1) is 29.8 Å². The largest absolute Gasteiger partial charge is 0.387 e. The fraction of sp³-hybridized carbons (Fsp3) is 0.522. The SMILES string of the molecule is CC(C(=O)NC1=CNCC(OC(C)(C)COC(C)(C)C=C=O)C1)c1ccccc1. The van der Waals surface area contributed by atoms with Crippen LogP contribution in [0.1, 0.15) is 52.5 Å². The molecule has 158 valence electrons. The summed E-state index contributed by atoms with van der Waals surface area (Å²) in [6.07, 6.45) is 3.68. The van der Waals surface area contributed by atoms with E-state index in [1.165, 1.54) is 6.08 Å². The lowest BCUT2D eigenvalue weighted by atomic mass is 10.00. The molecule has 0 bridgehead atoms. The Morgan fingerprint density at radius 2 is 2.00 bits per heavy atom. The van der Waals surface area contributed by atoms with Gasteiger partial charge in [-0.2, -0.15) is 0 Å². The molecule has 1 aromatic rings. The van der Waals surface area contributed by atoms with E-state index < -0.39 is 11.2 Å². The highest BCUT2D eigenvalue weighted by atomic mass is 16.6. The monoisotopic (exact) mass is 400 g/mol. The topological polar surface area (TPSA) is 76.7 Å². The third kappa shape index (κ3) is 7.50. The molecule has 1 aliphatic heterocycles. The van der Waals surface area contributed by atoms with E-state index in [9.17, 15) is 9.59 Å². The van der Waals surface area contributed by atoms with Gasteiger partial charge in [0.2, 0.25) is 5.91 Å². The molecule has 0 saturated heterocycles. The first-order valence-electron chi connectivity index (χ1n) is 9.94. The van der Waals surface area contributed by atoms with Crippen LogP contribution >= 0.6 is 0 Å². The lowest BCUT2D eigenvalue weighted by Crippen LogP contribution is -2.44. The molecule has 2 atom stereocenters. The van der Waals surface area contributed by atoms with Gasteiger partial charge >= 0.3 is 0 Å². The zero-order valence-electron chi connectivity index (χ0n) is 18.0. The van der Waals surface area contributed by atoms with Crippen molar-refractivity contribution in [1.82, 2.24) is 10.6 Å². The third-order valence-corrected chi connectivity index (χ3v) is 4.73. The number of carbonyl (C=O) groups is 1. The van der Waals surface area contributed by atoms with E-state index in [1.54, 1.807) is 19.8 Å². The van der Waals surface area contributed by atoms with Crippen molar-refractivity contribution in [2.45, 2.75) is 64.3 Å². The van der Waals surface area contributed by atoms with Crippen LogP contribution < -0.4 is 10.6 Å². The number of amides is 1. The molecule has 0 saturated carbocycles. The molecule has 1 heterocycles. The number of hydrogen-bond donors (Lipinski definition) is 2. The van der Waals surface area contributed by atoms with Gasteiger partial charge in [0.25, 0.3) is 0 Å². The Bertz CT molecular complexity index is 764. The predicted octanol–water partition coefficient (Wildman–Crippen LogP) is 3.09. The first kappa shape index (κ1) is 22.9. The van der Waals surface area contributed by atoms with Gasteiger partial charge in [-0.1, -0.05) is 30.3 Å². The number of hydrogen-bond acceptors (Lipinski definition) is 5. The second-order valence-corrected chi connectivity index (χ2v) is 8.56. The van der Waals surface area contributed by atoms with Crippen molar-refractivity contribution in [2.75, 3.05) is 13.2 Å². The van der Waals surface area contributed by atoms with Gasteiger partial charge in [-0.15, -0.1) is 0 Å². The van der Waals surface area contributed by atoms with Crippen LogP contribution in [0.3, 0.4) is 0 Å². The number of benzene rings is 1. The molecular weight excluding hydrogens is 368 g/mol. The second-order valence-electron chi connectivity index (χ2n) is 8.56. The van der Waals surface area contributed by atoms with Crippen LogP contribution in [-0.4, -0.2) is 42.3 Å². The summed E-state index contributed by atoms with van der Waals surface area (Å²) in [6.45, 7) is 10.4. The number of carbonyl (C=O) groups excluding carboxylic acids is 2. The molecule has 0 fully saturated rings. The summed E-state index contributed by atoms with van der Waals surface area (Å²) in [5, 5.41) is 6.19. The second kappa shape index (κ2) is 9.88. The first-order chi connectivity index (χ1) is 13.6. The lowest BCUT2D eigenvalue weighted by molar-refractivity contribution is -0.134. The van der Waals surface area contributed by atoms with Crippen LogP contribution in [0.4, 0.5) is 0 Å². The Hall–Kier alpha value is -2.40. The number of rotatable bonds is 9. The maximum atomic E-state index is 12.6. The smallest absolute Gasteiger partial charge is 0.231 e. The molecule has 2 unspecified atom stereocenters. The fourth-order valence-electron chi connectivity index (χ4n) is 3.05. The van der Waals surface area contributed by atoms with Crippen molar-refractivity contribution in [3.05, 3.63) is 53.9 Å². The van der Waals surface area contributed by atoms with E-state index in [4.69, 9.17) is 9.47 Å². The summed E-state index contributed by atoms with van der Waals surface area (Å²) in [6, 6.07) is 9.70. The van der Waals surface area contributed by atoms with Crippen molar-refractivity contribution in [3.63, 3.8) is 0 Å². The highest BCUT2D eigenvalue weighted by Gasteiger charge is 2.29. The summed E-state index contributed by atoms with van der Waals surface area (Å²) in [4.78, 5) is 23.2. The minimum absolute atomic E-state index is 0.0464. The lowest BCUT2D eigenvalue weighted by Gasteiger charge is -2.35. The molecule has 0 radical (unpaired) electrons. The Balaban J connectivity index is 1.88. The van der Waals surface area contributed by atoms with Gasteiger partial charge in [-0.05, 0) is 40.2 Å². The van der Waals surface area contributed by atoms with Gasteiger partial charge in [-0.25, -0.2) is 4.79 Å². The van der Waals surface area contributed by atoms with Crippen molar-refractivity contribution in [2.24, 2.45) is 0 Å². The van der Waals surface area contributed by atoms with Gasteiger partial charge in [0.1, 0.15) is 5.94 Å². The minimum Gasteiger partial charge on any atom is -0.387 e. The van der Waals surface area contributed by atoms with Crippen LogP contribution in [0.25, 0.3) is 0 Å². The zero-order chi connectivity index (χ0) is 21.5. The summed E-state index contributed by atoms with van der Waals surface area (Å²) < 4.78 is 12.0. The van der Waals surface area contributed by atoms with Crippen molar-refractivity contribution < 1.29 is 19.1 Å². The maximum absolute atomic E-state index is 12.6. The molecule has 29 heavy (non-hydrogen) atoms. The van der Waals surface area contributed by atoms with E-state index >= 15 is 0 Å². The van der Waals surface area contributed by atoms with Crippen molar-refractivity contribution >= 4 is 11.8 Å². The van der Waals surface area contributed by atoms with Gasteiger partial charge in [0.15, 0.2) is 0 Å². The molecule has 0 spiro atoms. The average Bonchev–Trinajstić information content (AvgIpc) is 2.66. The quantitative estimate of drug-likeness (QED) is 0.623.